The summed E-state index contributed by atoms with van der Waals surface area (Å²) in [7, 11) is 0. The minimum Gasteiger partial charge on any atom is -0.478 e. The van der Waals surface area contributed by atoms with E-state index in [1.165, 1.54) is 12.3 Å². The second-order valence-electron chi connectivity index (χ2n) is 4.24. The maximum absolute atomic E-state index is 13.1. The first-order valence-electron chi connectivity index (χ1n) is 6.06. The molecule has 0 aliphatic heterocycles. The average molecular weight is 284 g/mol. The van der Waals surface area contributed by atoms with Gasteiger partial charge in [0.25, 0.3) is 0 Å². The molecule has 0 fully saturated rings. The molecule has 0 atom stereocenters. The molecule has 0 unspecified atom stereocenters. The number of carboxylic acids is 1. The van der Waals surface area contributed by atoms with Crippen molar-refractivity contribution in [2.75, 3.05) is 0 Å². The first kappa shape index (κ1) is 13.0. The highest BCUT2D eigenvalue weighted by molar-refractivity contribution is 5.91. The summed E-state index contributed by atoms with van der Waals surface area (Å²) in [5.41, 5.74) is 1.04. The Hall–Kier alpha value is -3.02. The van der Waals surface area contributed by atoms with E-state index in [1.54, 1.807) is 18.2 Å². The van der Waals surface area contributed by atoms with Crippen molar-refractivity contribution in [1.82, 2.24) is 9.97 Å². The van der Waals surface area contributed by atoms with Crippen LogP contribution in [0.4, 0.5) is 4.39 Å². The molecule has 5 nitrogen and oxygen atoms in total. The Morgan fingerprint density at radius 3 is 2.67 bits per heavy atom. The van der Waals surface area contributed by atoms with Gasteiger partial charge in [0.15, 0.2) is 0 Å². The third kappa shape index (κ3) is 2.64. The molecule has 3 aromatic rings. The Morgan fingerprint density at radius 1 is 1.14 bits per heavy atom. The second-order valence-corrected chi connectivity index (χ2v) is 4.24. The van der Waals surface area contributed by atoms with E-state index in [4.69, 9.17) is 9.84 Å². The lowest BCUT2D eigenvalue weighted by atomic mass is 10.2. The van der Waals surface area contributed by atoms with Gasteiger partial charge in [0.1, 0.15) is 17.1 Å². The number of aromatic carboxylic acids is 1. The molecule has 104 valence electrons. The quantitative estimate of drug-likeness (QED) is 0.799. The number of halogens is 1. The van der Waals surface area contributed by atoms with Gasteiger partial charge < -0.3 is 9.84 Å². The molecule has 0 amide bonds. The van der Waals surface area contributed by atoms with Gasteiger partial charge in [-0.25, -0.2) is 19.2 Å². The summed E-state index contributed by atoms with van der Waals surface area (Å²) in [6, 6.07) is 10.5. The average Bonchev–Trinajstić information content (AvgIpc) is 2.49. The summed E-state index contributed by atoms with van der Waals surface area (Å²) in [4.78, 5) is 19.5. The molecule has 0 aliphatic rings. The SMILES string of the molecule is O=C(O)c1cc(F)ccc1Oc1cnc2ccccc2n1. The van der Waals surface area contributed by atoms with Crippen molar-refractivity contribution in [3.63, 3.8) is 0 Å². The fraction of sp³-hybridized carbons (Fsp3) is 0. The summed E-state index contributed by atoms with van der Waals surface area (Å²) in [5.74, 6) is -1.78. The lowest BCUT2D eigenvalue weighted by Gasteiger charge is -2.08. The number of aromatic nitrogens is 2. The third-order valence-electron chi connectivity index (χ3n) is 2.81. The second kappa shape index (κ2) is 5.16. The van der Waals surface area contributed by atoms with E-state index in [9.17, 15) is 9.18 Å². The van der Waals surface area contributed by atoms with Gasteiger partial charge >= 0.3 is 5.97 Å². The monoisotopic (exact) mass is 284 g/mol. The standard InChI is InChI=1S/C15H9FN2O3/c16-9-5-6-13(10(7-9)15(19)20)21-14-8-17-11-3-1-2-4-12(11)18-14/h1-8H,(H,19,20). The number of para-hydroxylation sites is 2. The summed E-state index contributed by atoms with van der Waals surface area (Å²) in [5, 5.41) is 9.06. The van der Waals surface area contributed by atoms with Crippen LogP contribution in [0.25, 0.3) is 11.0 Å². The molecule has 3 rings (SSSR count). The Kier molecular flexibility index (Phi) is 3.19. The van der Waals surface area contributed by atoms with Crippen LogP contribution >= 0.6 is 0 Å². The van der Waals surface area contributed by atoms with Gasteiger partial charge in [0, 0.05) is 0 Å². The molecule has 0 aliphatic carbocycles. The van der Waals surface area contributed by atoms with Crippen LogP contribution in [0.5, 0.6) is 11.6 Å². The maximum Gasteiger partial charge on any atom is 0.339 e. The normalized spacial score (nSPS) is 10.5. The number of carbonyl (C=O) groups is 1. The smallest absolute Gasteiger partial charge is 0.339 e. The molecule has 6 heteroatoms. The van der Waals surface area contributed by atoms with Gasteiger partial charge in [0.2, 0.25) is 5.88 Å². The van der Waals surface area contributed by atoms with Gasteiger partial charge in [-0.15, -0.1) is 0 Å². The van der Waals surface area contributed by atoms with Crippen LogP contribution in [0, 0.1) is 5.82 Å². The lowest BCUT2D eigenvalue weighted by Crippen LogP contribution is -2.01. The number of hydrogen-bond donors (Lipinski definition) is 1. The summed E-state index contributed by atoms with van der Waals surface area (Å²) in [6.07, 6.45) is 1.39. The summed E-state index contributed by atoms with van der Waals surface area (Å²) < 4.78 is 18.5. The van der Waals surface area contributed by atoms with Gasteiger partial charge in [-0.05, 0) is 30.3 Å². The minimum atomic E-state index is -1.28. The molecule has 2 aromatic carbocycles. The van der Waals surface area contributed by atoms with E-state index >= 15 is 0 Å². The summed E-state index contributed by atoms with van der Waals surface area (Å²) in [6.45, 7) is 0. The number of hydrogen-bond acceptors (Lipinski definition) is 4. The lowest BCUT2D eigenvalue weighted by molar-refractivity contribution is 0.0693. The van der Waals surface area contributed by atoms with Crippen molar-refractivity contribution in [3.8, 4) is 11.6 Å². The van der Waals surface area contributed by atoms with Crippen molar-refractivity contribution in [2.24, 2.45) is 0 Å². The zero-order chi connectivity index (χ0) is 14.8. The van der Waals surface area contributed by atoms with E-state index in [0.717, 1.165) is 12.1 Å². The van der Waals surface area contributed by atoms with Crippen LogP contribution in [0.2, 0.25) is 0 Å². The minimum absolute atomic E-state index is 0.00785. The van der Waals surface area contributed by atoms with Crippen LogP contribution in [0.1, 0.15) is 10.4 Å². The third-order valence-corrected chi connectivity index (χ3v) is 2.81. The zero-order valence-corrected chi connectivity index (χ0v) is 10.7. The van der Waals surface area contributed by atoms with Crippen molar-refractivity contribution < 1.29 is 19.0 Å². The molecular weight excluding hydrogens is 275 g/mol. The number of carboxylic acid groups (broad SMARTS) is 1. The predicted molar refractivity (Wildman–Crippen MR) is 73.0 cm³/mol. The van der Waals surface area contributed by atoms with Crippen LogP contribution in [-0.4, -0.2) is 21.0 Å². The number of nitrogens with zero attached hydrogens (tertiary/aromatic N) is 2. The fourth-order valence-electron chi connectivity index (χ4n) is 1.86. The highest BCUT2D eigenvalue weighted by Gasteiger charge is 2.14. The van der Waals surface area contributed by atoms with E-state index in [-0.39, 0.29) is 17.2 Å². The van der Waals surface area contributed by atoms with E-state index in [0.29, 0.717) is 11.0 Å². The van der Waals surface area contributed by atoms with Crippen molar-refractivity contribution in [2.45, 2.75) is 0 Å². The molecule has 1 heterocycles. The number of benzene rings is 2. The molecule has 1 N–H and O–H groups in total. The molecule has 1 aromatic heterocycles. The van der Waals surface area contributed by atoms with Gasteiger partial charge in [-0.2, -0.15) is 0 Å². The van der Waals surface area contributed by atoms with Crippen LogP contribution in [0.3, 0.4) is 0 Å². The molecule has 21 heavy (non-hydrogen) atoms. The molecule has 0 bridgehead atoms. The highest BCUT2D eigenvalue weighted by Crippen LogP contribution is 2.25. The van der Waals surface area contributed by atoms with Crippen molar-refractivity contribution in [1.29, 1.82) is 0 Å². The predicted octanol–water partition coefficient (Wildman–Crippen LogP) is 3.26. The van der Waals surface area contributed by atoms with E-state index in [1.807, 2.05) is 6.07 Å². The first-order valence-corrected chi connectivity index (χ1v) is 6.06. The van der Waals surface area contributed by atoms with Gasteiger partial charge in [0.05, 0.1) is 17.2 Å². The molecule has 0 saturated heterocycles. The van der Waals surface area contributed by atoms with Gasteiger partial charge in [-0.3, -0.25) is 0 Å². The molecule has 0 saturated carbocycles. The topological polar surface area (TPSA) is 72.3 Å². The van der Waals surface area contributed by atoms with Crippen LogP contribution in [0.15, 0.2) is 48.7 Å². The molecular formula is C15H9FN2O3. The first-order chi connectivity index (χ1) is 10.1. The van der Waals surface area contributed by atoms with Crippen LogP contribution < -0.4 is 4.74 Å². The zero-order valence-electron chi connectivity index (χ0n) is 10.7. The highest BCUT2D eigenvalue weighted by atomic mass is 19.1. The number of ether oxygens (including phenoxy) is 1. The number of fused-ring (bicyclic) bond motifs is 1. The largest absolute Gasteiger partial charge is 0.478 e. The van der Waals surface area contributed by atoms with Gasteiger partial charge in [-0.1, -0.05) is 12.1 Å². The Morgan fingerprint density at radius 2 is 1.90 bits per heavy atom. The molecule has 0 spiro atoms. The Labute approximate surface area is 118 Å². The van der Waals surface area contributed by atoms with Crippen molar-refractivity contribution >= 4 is 17.0 Å². The maximum atomic E-state index is 13.1. The summed E-state index contributed by atoms with van der Waals surface area (Å²) >= 11 is 0. The van der Waals surface area contributed by atoms with E-state index in [2.05, 4.69) is 9.97 Å². The van der Waals surface area contributed by atoms with E-state index < -0.39 is 11.8 Å². The molecule has 0 radical (unpaired) electrons. The Bertz CT molecular complexity index is 836. The number of rotatable bonds is 3. The van der Waals surface area contributed by atoms with Crippen LogP contribution in [-0.2, 0) is 0 Å². The Balaban J connectivity index is 2.00. The van der Waals surface area contributed by atoms with Crippen molar-refractivity contribution in [3.05, 3.63) is 60.0 Å². The fourth-order valence-corrected chi connectivity index (χ4v) is 1.86.